The molecule has 0 radical (unpaired) electrons. The first-order chi connectivity index (χ1) is 8.06. The summed E-state index contributed by atoms with van der Waals surface area (Å²) in [6.45, 7) is 4.25. The van der Waals surface area contributed by atoms with Crippen LogP contribution in [0.4, 0.5) is 0 Å². The molecule has 0 rings (SSSR count). The number of hydrogen-bond acceptors (Lipinski definition) is 4. The minimum absolute atomic E-state index is 0.0165. The molecule has 0 heterocycles. The molecular weight excluding hydrogens is 224 g/mol. The minimum Gasteiger partial charge on any atom is -0.481 e. The van der Waals surface area contributed by atoms with E-state index in [9.17, 15) is 9.59 Å². The molecule has 0 aromatic heterocycles. The van der Waals surface area contributed by atoms with E-state index in [4.69, 9.17) is 5.11 Å². The van der Waals surface area contributed by atoms with Crippen molar-refractivity contribution in [2.75, 3.05) is 20.1 Å². The van der Waals surface area contributed by atoms with Crippen LogP contribution in [0.25, 0.3) is 0 Å². The van der Waals surface area contributed by atoms with E-state index in [0.29, 0.717) is 19.5 Å². The highest BCUT2D eigenvalue weighted by molar-refractivity contribution is 5.76. The van der Waals surface area contributed by atoms with Gasteiger partial charge in [-0.05, 0) is 13.1 Å². The van der Waals surface area contributed by atoms with Crippen molar-refractivity contribution < 1.29 is 14.7 Å². The summed E-state index contributed by atoms with van der Waals surface area (Å²) in [5.41, 5.74) is 0. The molecule has 0 aliphatic rings. The van der Waals surface area contributed by atoms with Gasteiger partial charge in [0, 0.05) is 26.4 Å². The van der Waals surface area contributed by atoms with Gasteiger partial charge in [-0.3, -0.25) is 19.6 Å². The average Bonchev–Trinajstić information content (AvgIpc) is 2.25. The monoisotopic (exact) mass is 242 g/mol. The number of carboxylic acid groups (broad SMARTS) is 1. The second-order valence-electron chi connectivity index (χ2n) is 3.39. The summed E-state index contributed by atoms with van der Waals surface area (Å²) in [4.78, 5) is 24.9. The van der Waals surface area contributed by atoms with Crippen LogP contribution in [-0.4, -0.2) is 55.2 Å². The van der Waals surface area contributed by atoms with Gasteiger partial charge in [0.1, 0.15) is 6.34 Å². The van der Waals surface area contributed by atoms with Gasteiger partial charge in [0.25, 0.3) is 0 Å². The van der Waals surface area contributed by atoms with Gasteiger partial charge in [0.05, 0.1) is 6.54 Å². The van der Waals surface area contributed by atoms with E-state index in [1.54, 1.807) is 12.1 Å². The zero-order chi connectivity index (χ0) is 13.1. The number of carbonyl (C=O) groups excluding carboxylic acids is 1. The van der Waals surface area contributed by atoms with Crippen molar-refractivity contribution in [1.82, 2.24) is 10.3 Å². The number of carboxylic acids is 1. The van der Waals surface area contributed by atoms with Crippen LogP contribution in [0.5, 0.6) is 0 Å². The lowest BCUT2D eigenvalue weighted by Gasteiger charge is -2.12. The highest BCUT2D eigenvalue weighted by Gasteiger charge is 2.03. The lowest BCUT2D eigenvalue weighted by atomic mass is 10.2. The van der Waals surface area contributed by atoms with Gasteiger partial charge in [0.2, 0.25) is 5.91 Å². The highest BCUT2D eigenvalue weighted by Crippen LogP contribution is 1.94. The number of nitrogens with zero attached hydrogens (tertiary/aromatic N) is 3. The van der Waals surface area contributed by atoms with E-state index in [0.717, 1.165) is 0 Å². The van der Waals surface area contributed by atoms with Crippen molar-refractivity contribution in [2.24, 2.45) is 10.1 Å². The third-order valence-electron chi connectivity index (χ3n) is 1.88. The first-order valence-corrected chi connectivity index (χ1v) is 5.24. The lowest BCUT2D eigenvalue weighted by molar-refractivity contribution is -0.137. The maximum atomic E-state index is 11.2. The maximum Gasteiger partial charge on any atom is 0.303 e. The summed E-state index contributed by atoms with van der Waals surface area (Å²) in [6, 6.07) is 0. The van der Waals surface area contributed by atoms with E-state index in [1.807, 2.05) is 0 Å². The quantitative estimate of drug-likeness (QED) is 0.336. The number of carbonyl (C=O) groups is 2. The summed E-state index contributed by atoms with van der Waals surface area (Å²) < 4.78 is 0. The predicted molar refractivity (Wildman–Crippen MR) is 65.2 cm³/mol. The molecule has 0 bridgehead atoms. The number of amides is 1. The van der Waals surface area contributed by atoms with Gasteiger partial charge in [-0.2, -0.15) is 5.10 Å². The topological polar surface area (TPSA) is 94.4 Å². The first kappa shape index (κ1) is 15.1. The second-order valence-corrected chi connectivity index (χ2v) is 3.39. The molecule has 0 aromatic carbocycles. The number of hydrazone groups is 1. The summed E-state index contributed by atoms with van der Waals surface area (Å²) >= 11 is 0. The fraction of sp³-hybridized carbons (Fsp3) is 0.600. The third-order valence-corrected chi connectivity index (χ3v) is 1.88. The van der Waals surface area contributed by atoms with E-state index < -0.39 is 5.97 Å². The SMILES string of the molecule is C=NC=NN(C)CCNC(=O)CCCC(=O)O. The van der Waals surface area contributed by atoms with Crippen molar-refractivity contribution in [2.45, 2.75) is 19.3 Å². The van der Waals surface area contributed by atoms with Crippen LogP contribution < -0.4 is 5.32 Å². The molecule has 0 atom stereocenters. The zero-order valence-corrected chi connectivity index (χ0v) is 9.93. The molecule has 0 aliphatic carbocycles. The van der Waals surface area contributed by atoms with Crippen LogP contribution in [0.3, 0.4) is 0 Å². The van der Waals surface area contributed by atoms with Crippen LogP contribution >= 0.6 is 0 Å². The van der Waals surface area contributed by atoms with E-state index in [1.165, 1.54) is 6.34 Å². The molecule has 0 saturated heterocycles. The Hall–Kier alpha value is -1.92. The van der Waals surface area contributed by atoms with Crippen molar-refractivity contribution in [1.29, 1.82) is 0 Å². The molecule has 7 nitrogen and oxygen atoms in total. The van der Waals surface area contributed by atoms with Gasteiger partial charge >= 0.3 is 5.97 Å². The smallest absolute Gasteiger partial charge is 0.303 e. The first-order valence-electron chi connectivity index (χ1n) is 5.24. The molecule has 17 heavy (non-hydrogen) atoms. The van der Waals surface area contributed by atoms with Crippen LogP contribution in [0.1, 0.15) is 19.3 Å². The highest BCUT2D eigenvalue weighted by atomic mass is 16.4. The Morgan fingerprint density at radius 3 is 2.76 bits per heavy atom. The van der Waals surface area contributed by atoms with Crippen molar-refractivity contribution in [3.8, 4) is 0 Å². The molecule has 1 amide bonds. The number of nitrogens with one attached hydrogen (secondary N) is 1. The summed E-state index contributed by atoms with van der Waals surface area (Å²) in [5.74, 6) is -1.03. The van der Waals surface area contributed by atoms with E-state index in [2.05, 4.69) is 22.1 Å². The Bertz CT molecular complexity index is 291. The summed E-state index contributed by atoms with van der Waals surface area (Å²) in [6.07, 6.45) is 1.92. The summed E-state index contributed by atoms with van der Waals surface area (Å²) in [7, 11) is 1.75. The van der Waals surface area contributed by atoms with Crippen LogP contribution in [-0.2, 0) is 9.59 Å². The molecule has 2 N–H and O–H groups in total. The van der Waals surface area contributed by atoms with Crippen LogP contribution in [0.15, 0.2) is 10.1 Å². The number of aliphatic imine (C=N–C) groups is 1. The largest absolute Gasteiger partial charge is 0.481 e. The second kappa shape index (κ2) is 9.32. The average molecular weight is 242 g/mol. The molecule has 7 heteroatoms. The standard InChI is InChI=1S/C10H18N4O3/c1-11-8-13-14(2)7-6-12-9(15)4-3-5-10(16)17/h8H,1,3-7H2,2H3,(H,12,15)(H,16,17). The Morgan fingerprint density at radius 2 is 2.18 bits per heavy atom. The molecule has 0 aliphatic heterocycles. The number of hydrogen-bond donors (Lipinski definition) is 2. The number of likely N-dealkylation sites (N-methyl/N-ethyl adjacent to an activating group) is 1. The van der Waals surface area contributed by atoms with E-state index >= 15 is 0 Å². The molecule has 0 aromatic rings. The zero-order valence-electron chi connectivity index (χ0n) is 9.93. The van der Waals surface area contributed by atoms with Gasteiger partial charge in [0.15, 0.2) is 0 Å². The molecule has 0 unspecified atom stereocenters. The van der Waals surface area contributed by atoms with Gasteiger partial charge in [-0.25, -0.2) is 0 Å². The fourth-order valence-electron chi connectivity index (χ4n) is 1.03. The maximum absolute atomic E-state index is 11.2. The van der Waals surface area contributed by atoms with Gasteiger partial charge < -0.3 is 10.4 Å². The van der Waals surface area contributed by atoms with Crippen molar-refractivity contribution in [3.63, 3.8) is 0 Å². The predicted octanol–water partition coefficient (Wildman–Crippen LogP) is -0.0668. The van der Waals surface area contributed by atoms with Crippen molar-refractivity contribution >= 4 is 24.9 Å². The summed E-state index contributed by atoms with van der Waals surface area (Å²) in [5, 5.41) is 16.6. The minimum atomic E-state index is -0.885. The van der Waals surface area contributed by atoms with Gasteiger partial charge in [-0.1, -0.05) is 0 Å². The number of aliphatic carboxylic acids is 1. The van der Waals surface area contributed by atoms with Crippen molar-refractivity contribution in [3.05, 3.63) is 0 Å². The molecular formula is C10H18N4O3. The van der Waals surface area contributed by atoms with Crippen LogP contribution in [0, 0.1) is 0 Å². The van der Waals surface area contributed by atoms with Gasteiger partial charge in [-0.15, -0.1) is 0 Å². The fourth-order valence-corrected chi connectivity index (χ4v) is 1.03. The van der Waals surface area contributed by atoms with Crippen LogP contribution in [0.2, 0.25) is 0 Å². The normalized spacial score (nSPS) is 10.2. The van der Waals surface area contributed by atoms with E-state index in [-0.39, 0.29) is 18.7 Å². The molecule has 0 fully saturated rings. The Labute approximate surface area is 100 Å². The number of rotatable bonds is 9. The Balaban J connectivity index is 3.53. The Kier molecular flexibility index (Phi) is 8.26. The molecule has 0 saturated carbocycles. The lowest BCUT2D eigenvalue weighted by Crippen LogP contribution is -2.30. The molecule has 0 spiro atoms. The third kappa shape index (κ3) is 10.4. The molecule has 96 valence electrons. The Morgan fingerprint density at radius 1 is 1.47 bits per heavy atom.